The van der Waals surface area contributed by atoms with Gasteiger partial charge in [0.1, 0.15) is 17.1 Å². The van der Waals surface area contributed by atoms with Gasteiger partial charge in [-0.15, -0.1) is 0 Å². The maximum atomic E-state index is 13.6. The van der Waals surface area contributed by atoms with E-state index in [1.54, 1.807) is 69.3 Å². The molecule has 0 aliphatic rings. The first kappa shape index (κ1) is 24.4. The standard InChI is InChI=1S/C25H28NO6P/c1-25(2,3)30-24(27)26-23(20-13-7-4-8-14-20)19-29-33(28,31-21-15-9-5-10-16-21)32-22-17-11-6-12-18-22/h4-18,23H,19H2,1-3H3,(H,26,27). The lowest BCUT2D eigenvalue weighted by Gasteiger charge is -2.25. The minimum Gasteiger partial charge on any atom is -0.444 e. The van der Waals surface area contributed by atoms with Crippen LogP contribution in [0.25, 0.3) is 0 Å². The summed E-state index contributed by atoms with van der Waals surface area (Å²) in [7, 11) is -4.11. The molecule has 33 heavy (non-hydrogen) atoms. The molecule has 3 aromatic rings. The predicted molar refractivity (Wildman–Crippen MR) is 126 cm³/mol. The van der Waals surface area contributed by atoms with Gasteiger partial charge in [-0.3, -0.25) is 4.52 Å². The number of phosphoric acid groups is 1. The first-order chi connectivity index (χ1) is 15.7. The quantitative estimate of drug-likeness (QED) is 0.359. The lowest BCUT2D eigenvalue weighted by molar-refractivity contribution is 0.0480. The Morgan fingerprint density at radius 2 is 1.27 bits per heavy atom. The van der Waals surface area contributed by atoms with Gasteiger partial charge in [-0.25, -0.2) is 9.36 Å². The molecule has 0 spiro atoms. The van der Waals surface area contributed by atoms with Crippen molar-refractivity contribution < 1.29 is 27.7 Å². The molecule has 0 aliphatic heterocycles. The number of para-hydroxylation sites is 2. The van der Waals surface area contributed by atoms with Crippen molar-refractivity contribution in [3.8, 4) is 11.5 Å². The molecule has 1 N–H and O–H groups in total. The summed E-state index contributed by atoms with van der Waals surface area (Å²) in [4.78, 5) is 12.4. The summed E-state index contributed by atoms with van der Waals surface area (Å²) in [5.74, 6) is 0.654. The van der Waals surface area contributed by atoms with Crippen LogP contribution in [0.5, 0.6) is 11.5 Å². The van der Waals surface area contributed by atoms with Crippen LogP contribution >= 0.6 is 7.82 Å². The van der Waals surface area contributed by atoms with Crippen LogP contribution in [-0.4, -0.2) is 18.3 Å². The van der Waals surface area contributed by atoms with Gasteiger partial charge in [0, 0.05) is 0 Å². The van der Waals surface area contributed by atoms with Gasteiger partial charge in [-0.05, 0) is 50.6 Å². The third kappa shape index (κ3) is 8.29. The molecule has 174 valence electrons. The molecule has 0 aromatic heterocycles. The van der Waals surface area contributed by atoms with E-state index >= 15 is 0 Å². The molecule has 0 bridgehead atoms. The number of hydrogen-bond donors (Lipinski definition) is 1. The molecule has 0 saturated heterocycles. The number of benzene rings is 3. The Balaban J connectivity index is 1.81. The number of ether oxygens (including phenoxy) is 1. The summed E-state index contributed by atoms with van der Waals surface area (Å²) in [6, 6.07) is 25.7. The van der Waals surface area contributed by atoms with Gasteiger partial charge in [0.05, 0.1) is 12.6 Å². The molecule has 0 radical (unpaired) electrons. The van der Waals surface area contributed by atoms with Crippen LogP contribution in [0.15, 0.2) is 91.0 Å². The van der Waals surface area contributed by atoms with E-state index in [2.05, 4.69) is 5.32 Å². The molecule has 0 heterocycles. The van der Waals surface area contributed by atoms with Crippen molar-refractivity contribution in [2.75, 3.05) is 6.61 Å². The summed E-state index contributed by atoms with van der Waals surface area (Å²) in [5.41, 5.74) is 0.0724. The number of rotatable bonds is 9. The lowest BCUT2D eigenvalue weighted by Crippen LogP contribution is -2.36. The minimum atomic E-state index is -4.11. The number of alkyl carbamates (subject to hydrolysis) is 1. The highest BCUT2D eigenvalue weighted by atomic mass is 31.2. The first-order valence-electron chi connectivity index (χ1n) is 10.5. The van der Waals surface area contributed by atoms with Crippen LogP contribution in [0.2, 0.25) is 0 Å². The largest absolute Gasteiger partial charge is 0.587 e. The third-order valence-electron chi connectivity index (χ3n) is 4.21. The van der Waals surface area contributed by atoms with Crippen LogP contribution in [0.4, 0.5) is 4.79 Å². The second-order valence-electron chi connectivity index (χ2n) is 8.16. The van der Waals surface area contributed by atoms with Gasteiger partial charge in [0.15, 0.2) is 0 Å². The zero-order chi connectivity index (χ0) is 23.7. The Morgan fingerprint density at radius 1 is 0.818 bits per heavy atom. The second-order valence-corrected chi connectivity index (χ2v) is 9.68. The van der Waals surface area contributed by atoms with Gasteiger partial charge in [0.2, 0.25) is 0 Å². The lowest BCUT2D eigenvalue weighted by atomic mass is 10.1. The van der Waals surface area contributed by atoms with Crippen LogP contribution in [0, 0.1) is 0 Å². The minimum absolute atomic E-state index is 0.180. The number of nitrogens with one attached hydrogen (secondary N) is 1. The van der Waals surface area contributed by atoms with Gasteiger partial charge < -0.3 is 19.1 Å². The fraction of sp³-hybridized carbons (Fsp3) is 0.240. The van der Waals surface area contributed by atoms with Crippen molar-refractivity contribution in [3.05, 3.63) is 96.6 Å². The molecule has 1 amide bonds. The Bertz CT molecular complexity index is 1010. The SMILES string of the molecule is CC(C)(C)OC(=O)NC(COP(=O)(Oc1ccccc1)Oc1ccccc1)c1ccccc1. The smallest absolute Gasteiger partial charge is 0.444 e. The van der Waals surface area contributed by atoms with Gasteiger partial charge in [-0.2, -0.15) is 0 Å². The van der Waals surface area contributed by atoms with Crippen LogP contribution in [0.1, 0.15) is 32.4 Å². The molecule has 7 nitrogen and oxygen atoms in total. The van der Waals surface area contributed by atoms with E-state index in [0.29, 0.717) is 11.5 Å². The first-order valence-corrected chi connectivity index (χ1v) is 12.0. The Morgan fingerprint density at radius 3 is 1.73 bits per heavy atom. The van der Waals surface area contributed by atoms with Crippen molar-refractivity contribution in [2.45, 2.75) is 32.4 Å². The summed E-state index contributed by atoms with van der Waals surface area (Å²) in [5, 5.41) is 2.77. The number of carbonyl (C=O) groups excluding carboxylic acids is 1. The zero-order valence-corrected chi connectivity index (χ0v) is 19.7. The van der Waals surface area contributed by atoms with E-state index in [4.69, 9.17) is 18.3 Å². The zero-order valence-electron chi connectivity index (χ0n) is 18.8. The number of carbonyl (C=O) groups is 1. The van der Waals surface area contributed by atoms with Crippen molar-refractivity contribution in [1.82, 2.24) is 5.32 Å². The van der Waals surface area contributed by atoms with E-state index in [1.165, 1.54) is 0 Å². The van der Waals surface area contributed by atoms with Gasteiger partial charge >= 0.3 is 13.9 Å². The molecule has 1 unspecified atom stereocenters. The van der Waals surface area contributed by atoms with Crippen molar-refractivity contribution in [2.24, 2.45) is 0 Å². The maximum Gasteiger partial charge on any atom is 0.587 e. The van der Waals surface area contributed by atoms with E-state index in [-0.39, 0.29) is 6.61 Å². The van der Waals surface area contributed by atoms with Crippen LogP contribution < -0.4 is 14.4 Å². The molecule has 0 fully saturated rings. The molecule has 0 saturated carbocycles. The Kier molecular flexibility index (Phi) is 8.15. The highest BCUT2D eigenvalue weighted by Crippen LogP contribution is 2.50. The van der Waals surface area contributed by atoms with E-state index < -0.39 is 25.6 Å². The van der Waals surface area contributed by atoms with E-state index in [0.717, 1.165) is 5.56 Å². The highest BCUT2D eigenvalue weighted by Gasteiger charge is 2.33. The summed E-state index contributed by atoms with van der Waals surface area (Å²) in [6.07, 6.45) is -0.622. The topological polar surface area (TPSA) is 83.1 Å². The summed E-state index contributed by atoms with van der Waals surface area (Å²) < 4.78 is 36.0. The third-order valence-corrected chi connectivity index (χ3v) is 5.55. The van der Waals surface area contributed by atoms with Crippen LogP contribution in [0.3, 0.4) is 0 Å². The average Bonchev–Trinajstić information content (AvgIpc) is 2.77. The van der Waals surface area contributed by atoms with E-state index in [9.17, 15) is 9.36 Å². The second kappa shape index (κ2) is 11.0. The average molecular weight is 469 g/mol. The fourth-order valence-corrected chi connectivity index (χ4v) is 4.05. The molecule has 3 rings (SSSR count). The molecular formula is C25H28NO6P. The van der Waals surface area contributed by atoms with Crippen molar-refractivity contribution >= 4 is 13.9 Å². The predicted octanol–water partition coefficient (Wildman–Crippen LogP) is 6.54. The van der Waals surface area contributed by atoms with Gasteiger partial charge in [0.25, 0.3) is 0 Å². The Hall–Kier alpha value is -3.28. The Labute approximate surface area is 194 Å². The number of hydrogen-bond acceptors (Lipinski definition) is 6. The fourth-order valence-electron chi connectivity index (χ4n) is 2.81. The number of phosphoric ester groups is 1. The molecule has 8 heteroatoms. The summed E-state index contributed by atoms with van der Waals surface area (Å²) >= 11 is 0. The van der Waals surface area contributed by atoms with E-state index in [1.807, 2.05) is 42.5 Å². The van der Waals surface area contributed by atoms with Crippen LogP contribution in [-0.2, 0) is 13.8 Å². The monoisotopic (exact) mass is 469 g/mol. The number of amides is 1. The summed E-state index contributed by atoms with van der Waals surface area (Å²) in [6.45, 7) is 5.14. The van der Waals surface area contributed by atoms with Crippen molar-refractivity contribution in [1.29, 1.82) is 0 Å². The normalized spacial score (nSPS) is 12.5. The molecular weight excluding hydrogens is 441 g/mol. The van der Waals surface area contributed by atoms with Crippen molar-refractivity contribution in [3.63, 3.8) is 0 Å². The highest BCUT2D eigenvalue weighted by molar-refractivity contribution is 7.49. The molecule has 3 aromatic carbocycles. The van der Waals surface area contributed by atoms with Gasteiger partial charge in [-0.1, -0.05) is 66.7 Å². The molecule has 1 atom stereocenters. The molecule has 0 aliphatic carbocycles. The maximum absolute atomic E-state index is 13.6.